The Kier molecular flexibility index (Phi) is 4.60. The molecule has 2 nitrogen and oxygen atoms in total. The molecule has 1 aromatic heterocycles. The van der Waals surface area contributed by atoms with E-state index >= 15 is 0 Å². The van der Waals surface area contributed by atoms with Gasteiger partial charge in [-0.15, -0.1) is 11.3 Å². The lowest BCUT2D eigenvalue weighted by atomic mass is 10.1. The third-order valence-electron chi connectivity index (χ3n) is 3.37. The van der Waals surface area contributed by atoms with Crippen molar-refractivity contribution in [3.63, 3.8) is 0 Å². The first-order valence-electron chi connectivity index (χ1n) is 6.29. The number of hydrogen-bond donors (Lipinski definition) is 2. The van der Waals surface area contributed by atoms with Crippen LogP contribution in [0.1, 0.15) is 26.9 Å². The highest BCUT2D eigenvalue weighted by Crippen LogP contribution is 2.37. The molecule has 1 atom stereocenters. The van der Waals surface area contributed by atoms with Crippen molar-refractivity contribution in [1.82, 2.24) is 5.43 Å². The molecule has 0 fully saturated rings. The molecule has 0 saturated carbocycles. The number of nitrogens with two attached hydrogens (primary N) is 1. The standard InChI is InChI=1S/C14H14Cl2N2S2/c15-10-2-1-8(5-11(10)16)14(18-17)13-6-9-7-19-4-3-12(9)20-13/h1-2,5-6,14,18H,3-4,7,17H2. The lowest BCUT2D eigenvalue weighted by Crippen LogP contribution is -2.28. The SMILES string of the molecule is NNC(c1ccc(Cl)c(Cl)c1)c1cc2c(s1)CCSC2. The summed E-state index contributed by atoms with van der Waals surface area (Å²) >= 11 is 15.9. The van der Waals surface area contributed by atoms with E-state index in [1.807, 2.05) is 41.3 Å². The summed E-state index contributed by atoms with van der Waals surface area (Å²) in [5, 5.41) is 1.12. The molecule has 2 heterocycles. The molecule has 1 aliphatic heterocycles. The van der Waals surface area contributed by atoms with Crippen molar-refractivity contribution < 1.29 is 0 Å². The highest BCUT2D eigenvalue weighted by Gasteiger charge is 2.20. The van der Waals surface area contributed by atoms with Crippen LogP contribution in [-0.2, 0) is 12.2 Å². The van der Waals surface area contributed by atoms with Crippen molar-refractivity contribution in [3.05, 3.63) is 55.2 Å². The Morgan fingerprint density at radius 3 is 2.75 bits per heavy atom. The summed E-state index contributed by atoms with van der Waals surface area (Å²) < 4.78 is 0. The summed E-state index contributed by atoms with van der Waals surface area (Å²) in [4.78, 5) is 2.72. The van der Waals surface area contributed by atoms with Crippen molar-refractivity contribution >= 4 is 46.3 Å². The van der Waals surface area contributed by atoms with Crippen LogP contribution in [0, 0.1) is 0 Å². The summed E-state index contributed by atoms with van der Waals surface area (Å²) in [6.45, 7) is 0. The van der Waals surface area contributed by atoms with Crippen LogP contribution in [0.25, 0.3) is 0 Å². The fourth-order valence-corrected chi connectivity index (χ4v) is 5.12. The molecule has 20 heavy (non-hydrogen) atoms. The zero-order valence-electron chi connectivity index (χ0n) is 10.7. The third kappa shape index (κ3) is 2.86. The smallest absolute Gasteiger partial charge is 0.0803 e. The molecule has 0 radical (unpaired) electrons. The van der Waals surface area contributed by atoms with Gasteiger partial charge in [-0.3, -0.25) is 5.84 Å². The van der Waals surface area contributed by atoms with Gasteiger partial charge in [0, 0.05) is 15.5 Å². The number of hydrogen-bond acceptors (Lipinski definition) is 4. The van der Waals surface area contributed by atoms with Crippen LogP contribution >= 0.6 is 46.3 Å². The van der Waals surface area contributed by atoms with E-state index in [2.05, 4.69) is 11.5 Å². The Labute approximate surface area is 136 Å². The van der Waals surface area contributed by atoms with E-state index in [-0.39, 0.29) is 6.04 Å². The van der Waals surface area contributed by atoms with Gasteiger partial charge in [0.05, 0.1) is 16.1 Å². The third-order valence-corrected chi connectivity index (χ3v) is 6.42. The fourth-order valence-electron chi connectivity index (χ4n) is 2.35. The van der Waals surface area contributed by atoms with Gasteiger partial charge >= 0.3 is 0 Å². The molecule has 0 saturated heterocycles. The molecular weight excluding hydrogens is 331 g/mol. The summed E-state index contributed by atoms with van der Waals surface area (Å²) in [6, 6.07) is 7.88. The summed E-state index contributed by atoms with van der Waals surface area (Å²) in [6.07, 6.45) is 1.16. The first kappa shape index (κ1) is 14.7. The summed E-state index contributed by atoms with van der Waals surface area (Å²) in [5.74, 6) is 8.07. The number of nitrogens with one attached hydrogen (secondary N) is 1. The predicted molar refractivity (Wildman–Crippen MR) is 89.8 cm³/mol. The van der Waals surface area contributed by atoms with Gasteiger partial charge in [0.25, 0.3) is 0 Å². The van der Waals surface area contributed by atoms with E-state index in [1.165, 1.54) is 21.1 Å². The van der Waals surface area contributed by atoms with Crippen LogP contribution in [0.3, 0.4) is 0 Å². The average molecular weight is 345 g/mol. The number of fused-ring (bicyclic) bond motifs is 1. The van der Waals surface area contributed by atoms with Crippen molar-refractivity contribution in [2.45, 2.75) is 18.2 Å². The van der Waals surface area contributed by atoms with Crippen LogP contribution in [-0.4, -0.2) is 5.75 Å². The van der Waals surface area contributed by atoms with Gasteiger partial charge < -0.3 is 0 Å². The van der Waals surface area contributed by atoms with E-state index in [4.69, 9.17) is 29.0 Å². The Balaban J connectivity index is 1.96. The highest BCUT2D eigenvalue weighted by molar-refractivity contribution is 7.98. The van der Waals surface area contributed by atoms with Gasteiger partial charge in [0.2, 0.25) is 0 Å². The minimum absolute atomic E-state index is 0.0367. The van der Waals surface area contributed by atoms with E-state index in [0.29, 0.717) is 10.0 Å². The maximum Gasteiger partial charge on any atom is 0.0803 e. The van der Waals surface area contributed by atoms with Crippen molar-refractivity contribution in [2.75, 3.05) is 5.75 Å². The predicted octanol–water partition coefficient (Wildman–Crippen LogP) is 4.40. The number of hydrazine groups is 1. The van der Waals surface area contributed by atoms with Gasteiger partial charge in [0.15, 0.2) is 0 Å². The van der Waals surface area contributed by atoms with E-state index in [9.17, 15) is 0 Å². The number of benzene rings is 1. The van der Waals surface area contributed by atoms with Crippen molar-refractivity contribution in [1.29, 1.82) is 0 Å². The summed E-state index contributed by atoms with van der Waals surface area (Å²) in [5.41, 5.74) is 5.37. The molecule has 0 amide bonds. The second-order valence-electron chi connectivity index (χ2n) is 4.67. The molecule has 1 aromatic carbocycles. The molecule has 1 unspecified atom stereocenters. The normalized spacial score (nSPS) is 15.9. The lowest BCUT2D eigenvalue weighted by molar-refractivity contribution is 0.646. The van der Waals surface area contributed by atoms with Crippen LogP contribution in [0.2, 0.25) is 10.0 Å². The molecular formula is C14H14Cl2N2S2. The van der Waals surface area contributed by atoms with E-state index < -0.39 is 0 Å². The zero-order chi connectivity index (χ0) is 14.1. The summed E-state index contributed by atoms with van der Waals surface area (Å²) in [7, 11) is 0. The van der Waals surface area contributed by atoms with Crippen LogP contribution in [0.5, 0.6) is 0 Å². The molecule has 0 aliphatic carbocycles. The quantitative estimate of drug-likeness (QED) is 0.640. The molecule has 3 N–H and O–H groups in total. The van der Waals surface area contributed by atoms with E-state index in [1.54, 1.807) is 0 Å². The average Bonchev–Trinajstić information content (AvgIpc) is 2.87. The molecule has 6 heteroatoms. The first-order chi connectivity index (χ1) is 9.69. The molecule has 3 rings (SSSR count). The highest BCUT2D eigenvalue weighted by atomic mass is 35.5. The van der Waals surface area contributed by atoms with Gasteiger partial charge in [-0.25, -0.2) is 5.43 Å². The Bertz CT molecular complexity index is 604. The van der Waals surface area contributed by atoms with Crippen LogP contribution < -0.4 is 11.3 Å². The van der Waals surface area contributed by atoms with Crippen molar-refractivity contribution in [2.24, 2.45) is 5.84 Å². The number of thiophene rings is 1. The maximum absolute atomic E-state index is 6.10. The molecule has 2 aromatic rings. The van der Waals surface area contributed by atoms with E-state index in [0.717, 1.165) is 17.7 Å². The monoisotopic (exact) mass is 344 g/mol. The lowest BCUT2D eigenvalue weighted by Gasteiger charge is -2.15. The molecule has 0 spiro atoms. The number of halogens is 2. The van der Waals surface area contributed by atoms with Gasteiger partial charge in [0.1, 0.15) is 0 Å². The van der Waals surface area contributed by atoms with Gasteiger partial charge in [-0.05, 0) is 41.5 Å². The largest absolute Gasteiger partial charge is 0.271 e. The Morgan fingerprint density at radius 2 is 2.05 bits per heavy atom. The number of aryl methyl sites for hydroxylation is 1. The number of thioether (sulfide) groups is 1. The molecule has 1 aliphatic rings. The second kappa shape index (κ2) is 6.26. The molecule has 0 bridgehead atoms. The minimum Gasteiger partial charge on any atom is -0.271 e. The first-order valence-corrected chi connectivity index (χ1v) is 9.02. The minimum atomic E-state index is -0.0367. The van der Waals surface area contributed by atoms with Crippen molar-refractivity contribution in [3.8, 4) is 0 Å². The Hall–Kier alpha value is -0.230. The van der Waals surface area contributed by atoms with Crippen LogP contribution in [0.15, 0.2) is 24.3 Å². The van der Waals surface area contributed by atoms with Crippen LogP contribution in [0.4, 0.5) is 0 Å². The second-order valence-corrected chi connectivity index (χ2v) is 7.76. The van der Waals surface area contributed by atoms with Gasteiger partial charge in [-0.1, -0.05) is 29.3 Å². The van der Waals surface area contributed by atoms with Gasteiger partial charge in [-0.2, -0.15) is 11.8 Å². The fraction of sp³-hybridized carbons (Fsp3) is 0.286. The molecule has 106 valence electrons. The Morgan fingerprint density at radius 1 is 1.20 bits per heavy atom. The zero-order valence-corrected chi connectivity index (χ0v) is 13.8. The maximum atomic E-state index is 6.10. The number of rotatable bonds is 3. The topological polar surface area (TPSA) is 38.0 Å².